The van der Waals surface area contributed by atoms with E-state index in [0.717, 1.165) is 14.2 Å². The molecule has 6 nitrogen and oxygen atoms in total. The summed E-state index contributed by atoms with van der Waals surface area (Å²) in [5, 5.41) is -0.0671. The number of aromatic nitrogens is 1. The minimum atomic E-state index is -5.93. The molecule has 12 heteroatoms. The molecule has 0 unspecified atom stereocenters. The second-order valence-electron chi connectivity index (χ2n) is 7.99. The quantitative estimate of drug-likeness (QED) is 0.271. The van der Waals surface area contributed by atoms with E-state index in [0.29, 0.717) is 26.0 Å². The van der Waals surface area contributed by atoms with Crippen LogP contribution in [0.25, 0.3) is 21.7 Å². The van der Waals surface area contributed by atoms with E-state index >= 15 is 0 Å². The second kappa shape index (κ2) is 9.72. The summed E-state index contributed by atoms with van der Waals surface area (Å²) in [4.78, 5) is 13.5. The first-order valence-electron chi connectivity index (χ1n) is 10.8. The van der Waals surface area contributed by atoms with Crippen LogP contribution in [0, 0.1) is 0 Å². The summed E-state index contributed by atoms with van der Waals surface area (Å²) in [5.41, 5.74) is -6.60. The topological polar surface area (TPSA) is 58.9 Å². The molecular formula is C24H25F6NO5. The van der Waals surface area contributed by atoms with Crippen molar-refractivity contribution in [1.82, 2.24) is 4.57 Å². The molecule has 0 aliphatic heterocycles. The van der Waals surface area contributed by atoms with Crippen molar-refractivity contribution in [3.63, 3.8) is 0 Å². The van der Waals surface area contributed by atoms with Gasteiger partial charge >= 0.3 is 12.4 Å². The van der Waals surface area contributed by atoms with Crippen molar-refractivity contribution in [2.45, 2.75) is 44.3 Å². The Kier molecular flexibility index (Phi) is 7.41. The lowest BCUT2D eigenvalue weighted by Gasteiger charge is -2.37. The first-order chi connectivity index (χ1) is 16.8. The van der Waals surface area contributed by atoms with Crippen molar-refractivity contribution in [1.29, 1.82) is 0 Å². The molecule has 0 amide bonds. The van der Waals surface area contributed by atoms with E-state index in [1.807, 2.05) is 6.92 Å². The molecule has 36 heavy (non-hydrogen) atoms. The molecule has 2 aromatic carbocycles. The van der Waals surface area contributed by atoms with E-state index in [-0.39, 0.29) is 39.7 Å². The maximum Gasteiger partial charge on any atom is 0.431 e. The summed E-state index contributed by atoms with van der Waals surface area (Å²) < 4.78 is 107. The molecule has 0 spiro atoms. The molecular weight excluding hydrogens is 496 g/mol. The highest BCUT2D eigenvalue weighted by Gasteiger charge is 2.74. The summed E-state index contributed by atoms with van der Waals surface area (Å²) >= 11 is 0. The summed E-state index contributed by atoms with van der Waals surface area (Å²) in [7, 11) is 3.73. The molecule has 198 valence electrons. The molecule has 3 aromatic rings. The van der Waals surface area contributed by atoms with Crippen LogP contribution in [0.2, 0.25) is 0 Å². The van der Waals surface area contributed by atoms with Gasteiger partial charge in [0.2, 0.25) is 0 Å². The van der Waals surface area contributed by atoms with Crippen molar-refractivity contribution in [2.75, 3.05) is 28.4 Å². The number of methoxy groups -OCH3 is 4. The lowest BCUT2D eigenvalue weighted by Crippen LogP contribution is -2.55. The molecule has 3 rings (SSSR count). The average Bonchev–Trinajstić information content (AvgIpc) is 2.82. The normalized spacial score (nSPS) is 12.9. The van der Waals surface area contributed by atoms with Crippen LogP contribution >= 0.6 is 0 Å². The summed E-state index contributed by atoms with van der Waals surface area (Å²) in [6.07, 6.45) is -10.7. The fourth-order valence-corrected chi connectivity index (χ4v) is 4.41. The number of rotatable bonds is 8. The largest absolute Gasteiger partial charge is 0.497 e. The maximum absolute atomic E-state index is 14.2. The van der Waals surface area contributed by atoms with Gasteiger partial charge in [0.1, 0.15) is 17.2 Å². The van der Waals surface area contributed by atoms with Crippen LogP contribution in [0.15, 0.2) is 29.1 Å². The summed E-state index contributed by atoms with van der Waals surface area (Å²) in [6, 6.07) is 4.76. The van der Waals surface area contributed by atoms with Crippen molar-refractivity contribution in [3.8, 4) is 17.2 Å². The number of fused-ring (bicyclic) bond motifs is 3. The van der Waals surface area contributed by atoms with Gasteiger partial charge in [0.25, 0.3) is 11.2 Å². The number of hydrogen-bond donors (Lipinski definition) is 0. The Labute approximate surface area is 202 Å². The first-order valence-corrected chi connectivity index (χ1v) is 10.8. The fraction of sp³-hybridized carbons (Fsp3) is 0.458. The standard InChI is InChI=1S/C24H25F6NO5/c1-6-7-10-31-19-17(34-3)12-16(22(36-5,23(25,26)27)24(28,29)30)20(35-4)18(19)14-9-8-13(33-2)11-15(14)21(31)32/h8-9,11-12H,6-7,10H2,1-5H3. The average molecular weight is 521 g/mol. The van der Waals surface area contributed by atoms with Gasteiger partial charge in [0, 0.05) is 24.6 Å². The van der Waals surface area contributed by atoms with Crippen LogP contribution in [-0.2, 0) is 16.9 Å². The summed E-state index contributed by atoms with van der Waals surface area (Å²) in [6.45, 7) is 2.00. The van der Waals surface area contributed by atoms with Gasteiger partial charge in [0.15, 0.2) is 0 Å². The first kappa shape index (κ1) is 27.4. The van der Waals surface area contributed by atoms with Crippen molar-refractivity contribution < 1.29 is 45.3 Å². The van der Waals surface area contributed by atoms with Crippen LogP contribution in [0.5, 0.6) is 17.2 Å². The van der Waals surface area contributed by atoms with Crippen LogP contribution < -0.4 is 19.8 Å². The number of aryl methyl sites for hydroxylation is 1. The van der Waals surface area contributed by atoms with E-state index in [4.69, 9.17) is 14.2 Å². The smallest absolute Gasteiger partial charge is 0.431 e. The molecule has 0 aliphatic carbocycles. The van der Waals surface area contributed by atoms with Crippen molar-refractivity contribution >= 4 is 21.7 Å². The zero-order valence-corrected chi connectivity index (χ0v) is 20.2. The molecule has 0 radical (unpaired) electrons. The van der Waals surface area contributed by atoms with Crippen LogP contribution in [0.4, 0.5) is 26.3 Å². The van der Waals surface area contributed by atoms with Gasteiger partial charge in [0.05, 0.1) is 37.6 Å². The Hall–Kier alpha value is -3.15. The highest BCUT2D eigenvalue weighted by Crippen LogP contribution is 2.57. The number of unbranched alkanes of at least 4 members (excludes halogenated alkanes) is 1. The highest BCUT2D eigenvalue weighted by atomic mass is 19.4. The molecule has 0 saturated heterocycles. The van der Waals surface area contributed by atoms with Gasteiger partial charge in [-0.2, -0.15) is 26.3 Å². The number of alkyl halides is 6. The zero-order valence-electron chi connectivity index (χ0n) is 20.2. The van der Waals surface area contributed by atoms with E-state index in [1.54, 1.807) is 0 Å². The molecule has 1 aromatic heterocycles. The van der Waals surface area contributed by atoms with Gasteiger partial charge in [-0.1, -0.05) is 13.3 Å². The number of nitrogens with zero attached hydrogens (tertiary/aromatic N) is 1. The Morgan fingerprint density at radius 1 is 0.861 bits per heavy atom. The van der Waals surface area contributed by atoms with Gasteiger partial charge in [-0.15, -0.1) is 0 Å². The third-order valence-electron chi connectivity index (χ3n) is 6.10. The van der Waals surface area contributed by atoms with Crippen molar-refractivity contribution in [3.05, 3.63) is 40.2 Å². The van der Waals surface area contributed by atoms with Crippen LogP contribution in [0.1, 0.15) is 25.3 Å². The Bertz CT molecular complexity index is 1320. The number of pyridine rings is 1. The number of hydrogen-bond acceptors (Lipinski definition) is 5. The monoisotopic (exact) mass is 521 g/mol. The SMILES string of the molecule is CCCCn1c(=O)c2cc(OC)ccc2c2c(OC)c(C(OC)(C(F)(F)F)C(F)(F)F)cc(OC)c21. The third kappa shape index (κ3) is 4.00. The Balaban J connectivity index is 2.73. The van der Waals surface area contributed by atoms with Gasteiger partial charge in [-0.3, -0.25) is 4.79 Å². The van der Waals surface area contributed by atoms with Gasteiger partial charge in [-0.25, -0.2) is 0 Å². The van der Waals surface area contributed by atoms with E-state index in [2.05, 4.69) is 4.74 Å². The number of ether oxygens (including phenoxy) is 4. The third-order valence-corrected chi connectivity index (χ3v) is 6.10. The van der Waals surface area contributed by atoms with E-state index < -0.39 is 34.8 Å². The van der Waals surface area contributed by atoms with Crippen LogP contribution in [0.3, 0.4) is 0 Å². The molecule has 0 atom stereocenters. The van der Waals surface area contributed by atoms with Gasteiger partial charge < -0.3 is 23.5 Å². The van der Waals surface area contributed by atoms with E-state index in [9.17, 15) is 31.1 Å². The number of benzene rings is 2. The lowest BCUT2D eigenvalue weighted by atomic mass is 9.88. The molecule has 0 aliphatic rings. The van der Waals surface area contributed by atoms with Crippen molar-refractivity contribution in [2.24, 2.45) is 0 Å². The molecule has 0 fully saturated rings. The predicted octanol–water partition coefficient (Wildman–Crippen LogP) is 5.95. The minimum absolute atomic E-state index is 0.00330. The predicted molar refractivity (Wildman–Crippen MR) is 121 cm³/mol. The zero-order chi connectivity index (χ0) is 27.1. The second-order valence-corrected chi connectivity index (χ2v) is 7.99. The Morgan fingerprint density at radius 2 is 1.50 bits per heavy atom. The molecule has 0 N–H and O–H groups in total. The fourth-order valence-electron chi connectivity index (χ4n) is 4.41. The highest BCUT2D eigenvalue weighted by molar-refractivity contribution is 6.11. The van der Waals surface area contributed by atoms with Crippen LogP contribution in [-0.4, -0.2) is 45.4 Å². The van der Waals surface area contributed by atoms with Gasteiger partial charge in [-0.05, 0) is 30.7 Å². The maximum atomic E-state index is 14.2. The van der Waals surface area contributed by atoms with E-state index in [1.165, 1.54) is 29.9 Å². The molecule has 0 bridgehead atoms. The minimum Gasteiger partial charge on any atom is -0.497 e. The summed E-state index contributed by atoms with van der Waals surface area (Å²) in [5.74, 6) is -0.843. The molecule has 0 saturated carbocycles. The molecule has 1 heterocycles. The lowest BCUT2D eigenvalue weighted by molar-refractivity contribution is -0.383. The Morgan fingerprint density at radius 3 is 1.97 bits per heavy atom. The number of halogens is 6.